The number of ether oxygens (including phenoxy) is 1. The Morgan fingerprint density at radius 1 is 0.977 bits per heavy atom. The zero-order valence-electron chi connectivity index (χ0n) is 26.3. The van der Waals surface area contributed by atoms with E-state index in [0.717, 1.165) is 29.7 Å². The van der Waals surface area contributed by atoms with Gasteiger partial charge in [-0.1, -0.05) is 87.8 Å². The molecule has 2 amide bonds. The van der Waals surface area contributed by atoms with Crippen LogP contribution in [0.5, 0.6) is 0 Å². The minimum atomic E-state index is -0.574. The molecular formula is C35H51N5O3S. The van der Waals surface area contributed by atoms with E-state index in [-0.39, 0.29) is 36.4 Å². The molecule has 0 spiro atoms. The minimum absolute atomic E-state index is 0.0634. The number of thiophene rings is 1. The van der Waals surface area contributed by atoms with Crippen molar-refractivity contribution >= 4 is 23.2 Å². The highest BCUT2D eigenvalue weighted by Crippen LogP contribution is 2.32. The van der Waals surface area contributed by atoms with Crippen molar-refractivity contribution in [1.29, 1.82) is 0 Å². The number of nitrogens with zero attached hydrogens (tertiary/aromatic N) is 2. The number of nitrogens with one attached hydrogen (secondary N) is 3. The Morgan fingerprint density at radius 3 is 2.45 bits per heavy atom. The van der Waals surface area contributed by atoms with Crippen molar-refractivity contribution in [2.45, 2.75) is 121 Å². The van der Waals surface area contributed by atoms with Crippen molar-refractivity contribution in [3.63, 3.8) is 0 Å². The summed E-state index contributed by atoms with van der Waals surface area (Å²) in [5.41, 5.74) is 1.15. The van der Waals surface area contributed by atoms with Crippen LogP contribution in [-0.2, 0) is 20.9 Å². The Labute approximate surface area is 267 Å². The maximum absolute atomic E-state index is 14.5. The number of piperazine rings is 1. The first kappa shape index (κ1) is 31.7. The van der Waals surface area contributed by atoms with Crippen molar-refractivity contribution in [3.8, 4) is 0 Å². The van der Waals surface area contributed by atoms with Crippen LogP contribution in [0.25, 0.3) is 0 Å². The van der Waals surface area contributed by atoms with E-state index in [2.05, 4.69) is 39.9 Å². The molecule has 1 aromatic carbocycles. The molecule has 0 bridgehead atoms. The van der Waals surface area contributed by atoms with Gasteiger partial charge in [0.2, 0.25) is 11.8 Å². The monoisotopic (exact) mass is 621 g/mol. The summed E-state index contributed by atoms with van der Waals surface area (Å²) in [6.07, 6.45) is 12.8. The van der Waals surface area contributed by atoms with E-state index in [9.17, 15) is 9.59 Å². The number of benzene rings is 1. The SMILES string of the molecule is C[C@H]1NC(N2CCN(C(=O)[C@@H](CC3CCCCC3)NC3CCCCC3)[C@H](C(=O)NCc3cccs3)C2)O[C@H]1c1ccccc1. The van der Waals surface area contributed by atoms with E-state index in [0.29, 0.717) is 38.1 Å². The first-order valence-corrected chi connectivity index (χ1v) is 18.0. The molecule has 4 aliphatic rings. The summed E-state index contributed by atoms with van der Waals surface area (Å²) in [6.45, 7) is 4.23. The van der Waals surface area contributed by atoms with Crippen LogP contribution < -0.4 is 16.0 Å². The third-order valence-corrected chi connectivity index (χ3v) is 11.1. The van der Waals surface area contributed by atoms with Gasteiger partial charge in [-0.15, -0.1) is 11.3 Å². The summed E-state index contributed by atoms with van der Waals surface area (Å²) in [5.74, 6) is 0.595. The fourth-order valence-electron chi connectivity index (χ4n) is 7.77. The number of carbonyl (C=O) groups excluding carboxylic acids is 2. The Hall–Kier alpha value is -2.30. The number of carbonyl (C=O) groups is 2. The second kappa shape index (κ2) is 15.3. The molecule has 3 heterocycles. The van der Waals surface area contributed by atoms with Crippen LogP contribution in [-0.4, -0.2) is 71.8 Å². The molecule has 44 heavy (non-hydrogen) atoms. The quantitative estimate of drug-likeness (QED) is 0.340. The molecule has 8 nitrogen and oxygen atoms in total. The summed E-state index contributed by atoms with van der Waals surface area (Å²) in [5, 5.41) is 12.7. The van der Waals surface area contributed by atoms with Crippen LogP contribution in [0, 0.1) is 5.92 Å². The summed E-state index contributed by atoms with van der Waals surface area (Å²) < 4.78 is 6.56. The van der Waals surface area contributed by atoms with E-state index in [1.165, 1.54) is 51.4 Å². The molecule has 1 unspecified atom stereocenters. The van der Waals surface area contributed by atoms with Gasteiger partial charge in [0.15, 0.2) is 6.35 Å². The van der Waals surface area contributed by atoms with Crippen molar-refractivity contribution in [1.82, 2.24) is 25.8 Å². The molecule has 2 aromatic rings. The lowest BCUT2D eigenvalue weighted by Crippen LogP contribution is -2.66. The maximum atomic E-state index is 14.5. The highest BCUT2D eigenvalue weighted by molar-refractivity contribution is 7.09. The molecule has 5 atom stereocenters. The van der Waals surface area contributed by atoms with Crippen LogP contribution in [0.1, 0.15) is 94.1 Å². The predicted octanol–water partition coefficient (Wildman–Crippen LogP) is 5.17. The highest BCUT2D eigenvalue weighted by Gasteiger charge is 2.43. The lowest BCUT2D eigenvalue weighted by molar-refractivity contribution is -0.152. The number of rotatable bonds is 10. The number of hydrogen-bond acceptors (Lipinski definition) is 7. The Balaban J connectivity index is 1.18. The standard InChI is InChI=1S/C35H51N5O3S/c1-25-32(27-14-7-3-8-15-27)43-35(37-25)39-19-20-40(31(24-39)33(41)36-23-29-18-11-21-44-29)34(42)30(22-26-12-5-2-6-13-26)38-28-16-9-4-10-17-28/h3,7-8,11,14-15,18,21,25-26,28,30-32,35,37-38H,2,4-6,9-10,12-13,16-17,19-20,22-24H2,1H3,(H,36,41)/t25-,30-,31+,32-,35?/m1/s1. The molecule has 6 rings (SSSR count). The summed E-state index contributed by atoms with van der Waals surface area (Å²) >= 11 is 1.64. The maximum Gasteiger partial charge on any atom is 0.244 e. The molecule has 9 heteroatoms. The van der Waals surface area contributed by atoms with E-state index in [4.69, 9.17) is 4.74 Å². The lowest BCUT2D eigenvalue weighted by atomic mass is 9.83. The molecular weight excluding hydrogens is 570 g/mol. The number of hydrogen-bond donors (Lipinski definition) is 3. The van der Waals surface area contributed by atoms with Crippen LogP contribution in [0.3, 0.4) is 0 Å². The van der Waals surface area contributed by atoms with Crippen LogP contribution in [0.2, 0.25) is 0 Å². The van der Waals surface area contributed by atoms with Gasteiger partial charge in [0.25, 0.3) is 0 Å². The van der Waals surface area contributed by atoms with Gasteiger partial charge in [-0.2, -0.15) is 0 Å². The second-order valence-corrected chi connectivity index (χ2v) is 14.4. The Morgan fingerprint density at radius 2 is 1.73 bits per heavy atom. The van der Waals surface area contributed by atoms with E-state index >= 15 is 0 Å². The van der Waals surface area contributed by atoms with Gasteiger partial charge < -0.3 is 20.3 Å². The van der Waals surface area contributed by atoms with Gasteiger partial charge in [0.1, 0.15) is 12.1 Å². The average molecular weight is 622 g/mol. The Bertz CT molecular complexity index is 1160. The first-order valence-electron chi connectivity index (χ1n) is 17.1. The summed E-state index contributed by atoms with van der Waals surface area (Å²) in [7, 11) is 0. The lowest BCUT2D eigenvalue weighted by Gasteiger charge is -2.44. The van der Waals surface area contributed by atoms with Gasteiger partial charge >= 0.3 is 0 Å². The fraction of sp³-hybridized carbons (Fsp3) is 0.657. The van der Waals surface area contributed by atoms with Crippen molar-refractivity contribution in [2.75, 3.05) is 19.6 Å². The van der Waals surface area contributed by atoms with Crippen LogP contribution in [0.4, 0.5) is 0 Å². The van der Waals surface area contributed by atoms with Crippen molar-refractivity contribution in [3.05, 3.63) is 58.3 Å². The van der Waals surface area contributed by atoms with Gasteiger partial charge in [0.05, 0.1) is 12.6 Å². The Kier molecular flexibility index (Phi) is 11.0. The zero-order chi connectivity index (χ0) is 30.3. The minimum Gasteiger partial charge on any atom is -0.349 e. The normalized spacial score (nSPS) is 28.2. The van der Waals surface area contributed by atoms with Gasteiger partial charge in [-0.25, -0.2) is 0 Å². The first-order chi connectivity index (χ1) is 21.5. The van der Waals surface area contributed by atoms with Crippen molar-refractivity contribution in [2.24, 2.45) is 5.92 Å². The van der Waals surface area contributed by atoms with Gasteiger partial charge in [-0.3, -0.25) is 19.8 Å². The van der Waals surface area contributed by atoms with Gasteiger partial charge in [0, 0.05) is 36.6 Å². The van der Waals surface area contributed by atoms with Crippen molar-refractivity contribution < 1.29 is 14.3 Å². The number of amides is 2. The summed E-state index contributed by atoms with van der Waals surface area (Å²) in [4.78, 5) is 33.7. The van der Waals surface area contributed by atoms with Crippen LogP contribution in [0.15, 0.2) is 47.8 Å². The summed E-state index contributed by atoms with van der Waals surface area (Å²) in [6, 6.07) is 14.1. The fourth-order valence-corrected chi connectivity index (χ4v) is 8.41. The molecule has 2 saturated carbocycles. The molecule has 4 fully saturated rings. The van der Waals surface area contributed by atoms with E-state index in [1.54, 1.807) is 11.3 Å². The predicted molar refractivity (Wildman–Crippen MR) is 175 cm³/mol. The molecule has 3 N–H and O–H groups in total. The molecule has 2 aliphatic heterocycles. The average Bonchev–Trinajstić information content (AvgIpc) is 3.74. The topological polar surface area (TPSA) is 85.9 Å². The molecule has 1 aromatic heterocycles. The molecule has 2 aliphatic carbocycles. The van der Waals surface area contributed by atoms with Gasteiger partial charge in [-0.05, 0) is 49.1 Å². The van der Waals surface area contributed by atoms with E-state index in [1.807, 2.05) is 40.6 Å². The van der Waals surface area contributed by atoms with Crippen LogP contribution >= 0.6 is 11.3 Å². The molecule has 2 saturated heterocycles. The molecule has 0 radical (unpaired) electrons. The molecule has 240 valence electrons. The van der Waals surface area contributed by atoms with E-state index < -0.39 is 6.04 Å². The highest BCUT2D eigenvalue weighted by atomic mass is 32.1. The third kappa shape index (κ3) is 7.91. The third-order valence-electron chi connectivity index (χ3n) is 10.2. The zero-order valence-corrected chi connectivity index (χ0v) is 27.1. The smallest absolute Gasteiger partial charge is 0.244 e. The largest absolute Gasteiger partial charge is 0.349 e. The second-order valence-electron chi connectivity index (χ2n) is 13.4.